The van der Waals surface area contributed by atoms with E-state index in [0.717, 1.165) is 11.1 Å². The van der Waals surface area contributed by atoms with Crippen molar-refractivity contribution in [2.75, 3.05) is 6.54 Å². The summed E-state index contributed by atoms with van der Waals surface area (Å²) in [6, 6.07) is 7.29. The Bertz CT molecular complexity index is 978. The van der Waals surface area contributed by atoms with Crippen LogP contribution in [0.3, 0.4) is 0 Å². The number of fused-ring (bicyclic) bond motifs is 1. The van der Waals surface area contributed by atoms with Crippen molar-refractivity contribution in [2.24, 2.45) is 0 Å². The summed E-state index contributed by atoms with van der Waals surface area (Å²) in [7, 11) is 0. The first-order chi connectivity index (χ1) is 12.1. The molecule has 0 N–H and O–H groups in total. The van der Waals surface area contributed by atoms with Crippen LogP contribution in [0.15, 0.2) is 58.4 Å². The fourth-order valence-corrected chi connectivity index (χ4v) is 2.99. The third-order valence-electron chi connectivity index (χ3n) is 4.29. The smallest absolute Gasteiger partial charge is 0.276 e. The van der Waals surface area contributed by atoms with Crippen molar-refractivity contribution in [3.63, 3.8) is 0 Å². The Morgan fingerprint density at radius 3 is 2.72 bits per heavy atom. The van der Waals surface area contributed by atoms with E-state index < -0.39 is 0 Å². The van der Waals surface area contributed by atoms with Crippen LogP contribution in [0, 0.1) is 5.82 Å². The predicted molar refractivity (Wildman–Crippen MR) is 86.9 cm³/mol. The third-order valence-corrected chi connectivity index (χ3v) is 4.29. The normalized spacial score (nSPS) is 13.6. The molecule has 25 heavy (non-hydrogen) atoms. The van der Waals surface area contributed by atoms with Gasteiger partial charge in [-0.3, -0.25) is 14.2 Å². The minimum Gasteiger partial charge on any atom is -0.451 e. The van der Waals surface area contributed by atoms with Gasteiger partial charge in [0.2, 0.25) is 0 Å². The Morgan fingerprint density at radius 2 is 2.00 bits per heavy atom. The summed E-state index contributed by atoms with van der Waals surface area (Å²) < 4.78 is 19.4. The quantitative estimate of drug-likeness (QED) is 0.717. The van der Waals surface area contributed by atoms with Gasteiger partial charge in [0.25, 0.3) is 11.5 Å². The number of halogens is 1. The SMILES string of the molecule is O=C(c1cocn1)N1CCc2cc(=O)n(-c3ccc(F)cc3)cc2C1. The van der Waals surface area contributed by atoms with Crippen LogP contribution in [0.4, 0.5) is 4.39 Å². The molecular formula is C18H14FN3O3. The Morgan fingerprint density at radius 1 is 1.20 bits per heavy atom. The van der Waals surface area contributed by atoms with Gasteiger partial charge in [0.15, 0.2) is 12.1 Å². The molecule has 1 aliphatic heterocycles. The number of oxazole rings is 1. The van der Waals surface area contributed by atoms with Crippen LogP contribution >= 0.6 is 0 Å². The molecular weight excluding hydrogens is 325 g/mol. The summed E-state index contributed by atoms with van der Waals surface area (Å²) in [5.74, 6) is -0.571. The van der Waals surface area contributed by atoms with Crippen LogP contribution in [0.1, 0.15) is 21.6 Å². The number of rotatable bonds is 2. The number of amides is 1. The number of hydrogen-bond acceptors (Lipinski definition) is 4. The van der Waals surface area contributed by atoms with Crippen LogP contribution in [0.25, 0.3) is 5.69 Å². The van der Waals surface area contributed by atoms with Gasteiger partial charge in [-0.2, -0.15) is 0 Å². The van der Waals surface area contributed by atoms with Crippen LogP contribution in [0.2, 0.25) is 0 Å². The standard InChI is InChI=1S/C18H14FN3O3/c19-14-1-3-15(4-2-14)22-9-13-8-21(6-5-12(13)7-17(22)23)18(24)16-10-25-11-20-16/h1-4,7,9-11H,5-6,8H2. The highest BCUT2D eigenvalue weighted by Crippen LogP contribution is 2.20. The van der Waals surface area contributed by atoms with E-state index in [1.54, 1.807) is 29.3 Å². The zero-order chi connectivity index (χ0) is 17.4. The number of nitrogens with zero attached hydrogens (tertiary/aromatic N) is 3. The molecule has 126 valence electrons. The van der Waals surface area contributed by atoms with E-state index in [9.17, 15) is 14.0 Å². The Hall–Kier alpha value is -3.22. The molecule has 0 atom stereocenters. The van der Waals surface area contributed by atoms with Crippen LogP contribution < -0.4 is 5.56 Å². The first-order valence-corrected chi connectivity index (χ1v) is 7.80. The summed E-state index contributed by atoms with van der Waals surface area (Å²) in [4.78, 5) is 30.3. The molecule has 0 saturated heterocycles. The fraction of sp³-hybridized carbons (Fsp3) is 0.167. The highest BCUT2D eigenvalue weighted by atomic mass is 19.1. The van der Waals surface area contributed by atoms with Crippen molar-refractivity contribution in [3.05, 3.63) is 82.2 Å². The van der Waals surface area contributed by atoms with E-state index in [4.69, 9.17) is 4.42 Å². The van der Waals surface area contributed by atoms with Crippen molar-refractivity contribution in [1.82, 2.24) is 14.5 Å². The number of carbonyl (C=O) groups is 1. The lowest BCUT2D eigenvalue weighted by Gasteiger charge is -2.28. The molecule has 0 bridgehead atoms. The lowest BCUT2D eigenvalue weighted by molar-refractivity contribution is 0.0728. The number of aromatic nitrogens is 2. The number of pyridine rings is 1. The predicted octanol–water partition coefficient (Wildman–Crippen LogP) is 2.16. The summed E-state index contributed by atoms with van der Waals surface area (Å²) in [6.45, 7) is 0.890. The van der Waals surface area contributed by atoms with E-state index in [-0.39, 0.29) is 23.0 Å². The average Bonchev–Trinajstić information content (AvgIpc) is 3.15. The van der Waals surface area contributed by atoms with E-state index in [1.807, 2.05) is 0 Å². The Labute approximate surface area is 142 Å². The number of benzene rings is 1. The van der Waals surface area contributed by atoms with Gasteiger partial charge in [-0.15, -0.1) is 0 Å². The first-order valence-electron chi connectivity index (χ1n) is 7.80. The van der Waals surface area contributed by atoms with Crippen molar-refractivity contribution < 1.29 is 13.6 Å². The Kier molecular flexibility index (Phi) is 3.68. The molecule has 1 amide bonds. The van der Waals surface area contributed by atoms with Gasteiger partial charge in [-0.05, 0) is 41.8 Å². The minimum atomic E-state index is -0.362. The molecule has 0 aliphatic carbocycles. The summed E-state index contributed by atoms with van der Waals surface area (Å²) >= 11 is 0. The minimum absolute atomic E-state index is 0.179. The molecule has 0 saturated carbocycles. The molecule has 3 heterocycles. The van der Waals surface area contributed by atoms with Gasteiger partial charge < -0.3 is 9.32 Å². The molecule has 0 fully saturated rings. The van der Waals surface area contributed by atoms with Crippen molar-refractivity contribution in [1.29, 1.82) is 0 Å². The zero-order valence-electron chi connectivity index (χ0n) is 13.2. The molecule has 1 aromatic carbocycles. The summed E-state index contributed by atoms with van der Waals surface area (Å²) in [5.41, 5.74) is 2.46. The second-order valence-corrected chi connectivity index (χ2v) is 5.86. The molecule has 3 aromatic rings. The van der Waals surface area contributed by atoms with Crippen LogP contribution in [-0.2, 0) is 13.0 Å². The fourth-order valence-electron chi connectivity index (χ4n) is 2.99. The molecule has 7 heteroatoms. The zero-order valence-corrected chi connectivity index (χ0v) is 13.2. The number of carbonyl (C=O) groups excluding carboxylic acids is 1. The molecule has 2 aromatic heterocycles. The average molecular weight is 339 g/mol. The van der Waals surface area contributed by atoms with E-state index in [2.05, 4.69) is 4.98 Å². The number of hydrogen-bond donors (Lipinski definition) is 0. The molecule has 0 unspecified atom stereocenters. The van der Waals surface area contributed by atoms with Gasteiger partial charge in [-0.1, -0.05) is 0 Å². The van der Waals surface area contributed by atoms with Crippen LogP contribution in [-0.4, -0.2) is 26.9 Å². The first kappa shape index (κ1) is 15.3. The maximum atomic E-state index is 13.1. The summed E-state index contributed by atoms with van der Waals surface area (Å²) in [5, 5.41) is 0. The molecule has 0 spiro atoms. The molecule has 0 radical (unpaired) electrons. The van der Waals surface area contributed by atoms with Crippen molar-refractivity contribution in [3.8, 4) is 5.69 Å². The Balaban J connectivity index is 1.67. The lowest BCUT2D eigenvalue weighted by Crippen LogP contribution is -2.37. The van der Waals surface area contributed by atoms with Crippen molar-refractivity contribution in [2.45, 2.75) is 13.0 Å². The third kappa shape index (κ3) is 2.84. The monoisotopic (exact) mass is 339 g/mol. The highest BCUT2D eigenvalue weighted by Gasteiger charge is 2.24. The van der Waals surface area contributed by atoms with E-state index in [1.165, 1.54) is 29.4 Å². The lowest BCUT2D eigenvalue weighted by atomic mass is 10.0. The second kappa shape index (κ2) is 6.01. The topological polar surface area (TPSA) is 68.3 Å². The largest absolute Gasteiger partial charge is 0.451 e. The van der Waals surface area contributed by atoms with E-state index in [0.29, 0.717) is 25.2 Å². The maximum Gasteiger partial charge on any atom is 0.276 e. The highest BCUT2D eigenvalue weighted by molar-refractivity contribution is 5.92. The van der Waals surface area contributed by atoms with Gasteiger partial charge in [-0.25, -0.2) is 9.37 Å². The maximum absolute atomic E-state index is 13.1. The van der Waals surface area contributed by atoms with Gasteiger partial charge in [0, 0.05) is 31.0 Å². The summed E-state index contributed by atoms with van der Waals surface area (Å²) in [6.07, 6.45) is 4.85. The van der Waals surface area contributed by atoms with Gasteiger partial charge >= 0.3 is 0 Å². The second-order valence-electron chi connectivity index (χ2n) is 5.86. The van der Waals surface area contributed by atoms with Crippen molar-refractivity contribution >= 4 is 5.91 Å². The van der Waals surface area contributed by atoms with Gasteiger partial charge in [0.1, 0.15) is 12.1 Å². The van der Waals surface area contributed by atoms with Gasteiger partial charge in [0.05, 0.1) is 0 Å². The van der Waals surface area contributed by atoms with Crippen LogP contribution in [0.5, 0.6) is 0 Å². The molecule has 6 nitrogen and oxygen atoms in total. The van der Waals surface area contributed by atoms with E-state index >= 15 is 0 Å². The molecule has 4 rings (SSSR count). The molecule has 1 aliphatic rings.